The van der Waals surface area contributed by atoms with E-state index in [0.717, 1.165) is 107 Å². The van der Waals surface area contributed by atoms with Gasteiger partial charge >= 0.3 is 23.9 Å². The molecule has 4 rings (SSSR count). The van der Waals surface area contributed by atoms with Crippen LogP contribution in [0.3, 0.4) is 0 Å². The predicted molar refractivity (Wildman–Crippen MR) is 195 cm³/mol. The molecule has 278 valence electrons. The normalized spacial score (nSPS) is 20.4. The average Bonchev–Trinajstić information content (AvgIpc) is 3.14. The van der Waals surface area contributed by atoms with Crippen LogP contribution in [0, 0.1) is 0 Å². The number of rotatable bonds is 17. The summed E-state index contributed by atoms with van der Waals surface area (Å²) in [6.45, 7) is 5.97. The van der Waals surface area contributed by atoms with Gasteiger partial charge in [0.25, 0.3) is 0 Å². The van der Waals surface area contributed by atoms with Gasteiger partial charge in [-0.3, -0.25) is 0 Å². The van der Waals surface area contributed by atoms with Gasteiger partial charge in [0.15, 0.2) is 0 Å². The van der Waals surface area contributed by atoms with Crippen LogP contribution in [0.5, 0.6) is 0 Å². The van der Waals surface area contributed by atoms with Crippen molar-refractivity contribution < 1.29 is 48.3 Å². The fraction of sp³-hybridized carbons (Fsp3) is 0.512. The van der Waals surface area contributed by atoms with Gasteiger partial charge in [-0.1, -0.05) is 57.4 Å². The van der Waals surface area contributed by atoms with Crippen molar-refractivity contribution in [1.82, 2.24) is 0 Å². The molecular weight excluding hydrogens is 652 g/mol. The highest BCUT2D eigenvalue weighted by atomic mass is 16.5. The highest BCUT2D eigenvalue weighted by molar-refractivity contribution is 5.91. The lowest BCUT2D eigenvalue weighted by Gasteiger charge is -2.28. The Labute approximate surface area is 301 Å². The van der Waals surface area contributed by atoms with Gasteiger partial charge in [-0.25, -0.2) is 19.2 Å². The Kier molecular flexibility index (Phi) is 18.8. The van der Waals surface area contributed by atoms with Crippen molar-refractivity contribution in [2.45, 2.75) is 122 Å². The molecule has 0 aromatic heterocycles. The molecule has 51 heavy (non-hydrogen) atoms. The minimum absolute atomic E-state index is 0.0508. The van der Waals surface area contributed by atoms with Crippen LogP contribution in [0.2, 0.25) is 0 Å². The van der Waals surface area contributed by atoms with Gasteiger partial charge < -0.3 is 29.2 Å². The number of carboxylic acid groups (broad SMARTS) is 2. The molecule has 2 saturated carbocycles. The second-order valence-electron chi connectivity index (χ2n) is 13.0. The maximum atomic E-state index is 12.3. The van der Waals surface area contributed by atoms with Crippen LogP contribution in [0.25, 0.3) is 12.2 Å². The molecular formula is C41H54O10. The smallest absolute Gasteiger partial charge is 0.338 e. The summed E-state index contributed by atoms with van der Waals surface area (Å²) in [5.74, 6) is -2.66. The van der Waals surface area contributed by atoms with Crippen molar-refractivity contribution in [3.8, 4) is 0 Å². The number of benzene rings is 2. The van der Waals surface area contributed by atoms with E-state index in [4.69, 9.17) is 29.2 Å². The Morgan fingerprint density at radius 3 is 1.25 bits per heavy atom. The minimum atomic E-state index is -1.00. The summed E-state index contributed by atoms with van der Waals surface area (Å²) in [5.41, 5.74) is 2.41. The third-order valence-electron chi connectivity index (χ3n) is 8.87. The first-order chi connectivity index (χ1) is 24.7. The van der Waals surface area contributed by atoms with Crippen molar-refractivity contribution in [2.75, 3.05) is 13.2 Å². The van der Waals surface area contributed by atoms with Crippen LogP contribution in [0.4, 0.5) is 0 Å². The summed E-state index contributed by atoms with van der Waals surface area (Å²) in [7, 11) is 0. The van der Waals surface area contributed by atoms with E-state index in [1.807, 2.05) is 0 Å². The number of carboxylic acids is 2. The molecule has 0 spiro atoms. The van der Waals surface area contributed by atoms with E-state index in [-0.39, 0.29) is 24.1 Å². The molecule has 0 atom stereocenters. The average molecular weight is 707 g/mol. The van der Waals surface area contributed by atoms with Crippen LogP contribution in [0.15, 0.2) is 60.7 Å². The summed E-state index contributed by atoms with van der Waals surface area (Å²) in [5, 5.41) is 17.2. The Hall–Kier alpha value is -4.28. The van der Waals surface area contributed by atoms with E-state index < -0.39 is 11.9 Å². The molecule has 2 aliphatic rings. The molecule has 2 aromatic rings. The molecule has 0 aliphatic heterocycles. The monoisotopic (exact) mass is 706 g/mol. The van der Waals surface area contributed by atoms with Crippen molar-refractivity contribution in [3.63, 3.8) is 0 Å². The molecule has 0 heterocycles. The maximum Gasteiger partial charge on any atom is 0.338 e. The zero-order valence-corrected chi connectivity index (χ0v) is 30.0. The number of hydrogen-bond acceptors (Lipinski definition) is 8. The minimum Gasteiger partial charge on any atom is -0.478 e. The zero-order chi connectivity index (χ0) is 36.8. The van der Waals surface area contributed by atoms with Crippen LogP contribution in [0.1, 0.15) is 129 Å². The highest BCUT2D eigenvalue weighted by Gasteiger charge is 2.26. The summed E-state index contributed by atoms with van der Waals surface area (Å²) >= 11 is 0. The van der Waals surface area contributed by atoms with Crippen molar-refractivity contribution in [3.05, 3.63) is 82.9 Å². The third kappa shape index (κ3) is 16.5. The second kappa shape index (κ2) is 23.2. The lowest BCUT2D eigenvalue weighted by atomic mass is 9.95. The van der Waals surface area contributed by atoms with Gasteiger partial charge in [0.05, 0.1) is 23.3 Å². The Morgan fingerprint density at radius 2 is 0.902 bits per heavy atom. The van der Waals surface area contributed by atoms with Crippen LogP contribution in [-0.2, 0) is 28.5 Å². The van der Waals surface area contributed by atoms with E-state index >= 15 is 0 Å². The summed E-state index contributed by atoms with van der Waals surface area (Å²) in [6, 6.07) is 13.4. The number of aliphatic carboxylic acids is 2. The molecule has 2 aliphatic carbocycles. The maximum absolute atomic E-state index is 12.3. The number of carbonyl (C=O) groups is 4. The number of unbranched alkanes of at least 4 members (excludes halogenated alkanes) is 3. The molecule has 10 nitrogen and oxygen atoms in total. The van der Waals surface area contributed by atoms with Crippen molar-refractivity contribution in [2.24, 2.45) is 0 Å². The lowest BCUT2D eigenvalue weighted by Crippen LogP contribution is -2.28. The molecule has 0 unspecified atom stereocenters. The highest BCUT2D eigenvalue weighted by Crippen LogP contribution is 2.26. The van der Waals surface area contributed by atoms with Crippen molar-refractivity contribution in [1.29, 1.82) is 0 Å². The summed E-state index contributed by atoms with van der Waals surface area (Å²) in [4.78, 5) is 45.5. The third-order valence-corrected chi connectivity index (χ3v) is 8.87. The quantitative estimate of drug-likeness (QED) is 0.0932. The van der Waals surface area contributed by atoms with E-state index in [2.05, 4.69) is 13.8 Å². The number of esters is 2. The Bertz CT molecular complexity index is 1400. The van der Waals surface area contributed by atoms with E-state index in [0.29, 0.717) is 23.3 Å². The SMILES string of the molecule is CCCCCOC1CCC(OC(=O)c2ccc(/C=C/C(=O)O)cc2)CC1.CCCCOC1CCC(OC(=O)c2ccc(/C=C/C(=O)O)cc2)CC1. The number of hydrogen-bond donors (Lipinski definition) is 2. The molecule has 0 amide bonds. The second-order valence-corrected chi connectivity index (χ2v) is 13.0. The van der Waals surface area contributed by atoms with Crippen LogP contribution < -0.4 is 0 Å². The van der Waals surface area contributed by atoms with Gasteiger partial charge in [0.2, 0.25) is 0 Å². The van der Waals surface area contributed by atoms with Crippen molar-refractivity contribution >= 4 is 36.0 Å². The summed E-state index contributed by atoms with van der Waals surface area (Å²) < 4.78 is 22.9. The van der Waals surface area contributed by atoms with Gasteiger partial charge in [-0.05, 0) is 112 Å². The van der Waals surface area contributed by atoms with Gasteiger partial charge in [-0.15, -0.1) is 0 Å². The molecule has 2 aromatic carbocycles. The van der Waals surface area contributed by atoms with E-state index in [1.54, 1.807) is 48.5 Å². The first kappa shape index (κ1) is 41.1. The fourth-order valence-electron chi connectivity index (χ4n) is 5.86. The standard InChI is InChI=1S/C21H28O5.C20H26O5/c1-2-3-4-15-25-18-10-12-19(13-11-18)26-21(24)17-8-5-16(6-9-17)7-14-20(22)23;1-2-3-14-24-17-9-11-18(12-10-17)25-20(23)16-7-4-15(5-8-16)6-13-19(21)22/h5-9,14,18-19H,2-4,10-13,15H2,1H3,(H,22,23);4-8,13,17-18H,2-3,9-12,14H2,1H3,(H,21,22)/b14-7+;13-6+. The fourth-order valence-corrected chi connectivity index (χ4v) is 5.86. The predicted octanol–water partition coefficient (Wildman–Crippen LogP) is 8.53. The van der Waals surface area contributed by atoms with Gasteiger partial charge in [-0.2, -0.15) is 0 Å². The van der Waals surface area contributed by atoms with Crippen LogP contribution >= 0.6 is 0 Å². The number of ether oxygens (including phenoxy) is 4. The molecule has 10 heteroatoms. The first-order valence-corrected chi connectivity index (χ1v) is 18.3. The van der Waals surface area contributed by atoms with Gasteiger partial charge in [0, 0.05) is 25.4 Å². The molecule has 0 saturated heterocycles. The lowest BCUT2D eigenvalue weighted by molar-refractivity contribution is -0.132. The molecule has 2 N–H and O–H groups in total. The van der Waals surface area contributed by atoms with Crippen LogP contribution in [-0.4, -0.2) is 71.7 Å². The summed E-state index contributed by atoms with van der Waals surface area (Å²) in [6.07, 6.45) is 18.4. The molecule has 0 radical (unpaired) electrons. The Morgan fingerprint density at radius 1 is 0.549 bits per heavy atom. The van der Waals surface area contributed by atoms with E-state index in [1.165, 1.54) is 25.0 Å². The first-order valence-electron chi connectivity index (χ1n) is 18.3. The molecule has 2 fully saturated rings. The number of carbonyl (C=O) groups excluding carboxylic acids is 2. The topological polar surface area (TPSA) is 146 Å². The largest absolute Gasteiger partial charge is 0.478 e. The zero-order valence-electron chi connectivity index (χ0n) is 30.0. The van der Waals surface area contributed by atoms with Gasteiger partial charge in [0.1, 0.15) is 12.2 Å². The Balaban J connectivity index is 0.000000276. The molecule has 0 bridgehead atoms. The van der Waals surface area contributed by atoms with E-state index in [9.17, 15) is 19.2 Å².